The van der Waals surface area contributed by atoms with Gasteiger partial charge in [-0.25, -0.2) is 0 Å². The molecule has 44 valence electrons. The summed E-state index contributed by atoms with van der Waals surface area (Å²) in [6.07, 6.45) is 0.0995. The largest absolute Gasteiger partial charge is 0.459 e. The van der Waals surface area contributed by atoms with E-state index in [0.717, 1.165) is 0 Å². The van der Waals surface area contributed by atoms with Crippen LogP contribution >= 0.6 is 0 Å². The van der Waals surface area contributed by atoms with Crippen LogP contribution in [0.25, 0.3) is 0 Å². The molecule has 0 aliphatic carbocycles. The van der Waals surface area contributed by atoms with Gasteiger partial charge in [-0.15, -0.1) is 0 Å². The predicted octanol–water partition coefficient (Wildman–Crippen LogP) is -0.442. The van der Waals surface area contributed by atoms with E-state index in [4.69, 9.17) is 9.47 Å². The minimum Gasteiger partial charge on any atom is -0.459 e. The molecule has 2 aliphatic rings. The summed E-state index contributed by atoms with van der Waals surface area (Å²) >= 11 is 0. The normalized spacial score (nSPS) is 42.8. The molecule has 0 aromatic heterocycles. The van der Waals surface area contributed by atoms with Crippen molar-refractivity contribution in [3.63, 3.8) is 0 Å². The molecule has 2 heterocycles. The molecule has 1 unspecified atom stereocenters. The molecular formula is C5H6O3. The fraction of sp³-hybridized carbons (Fsp3) is 0.800. The number of carbonyl (C=O) groups excluding carboxylic acids is 1. The second kappa shape index (κ2) is 1.23. The molecule has 8 heavy (non-hydrogen) atoms. The zero-order valence-electron chi connectivity index (χ0n) is 4.29. The molecular weight excluding hydrogens is 108 g/mol. The summed E-state index contributed by atoms with van der Waals surface area (Å²) in [7, 11) is 0. The molecule has 2 saturated heterocycles. The van der Waals surface area contributed by atoms with Gasteiger partial charge in [0, 0.05) is 0 Å². The van der Waals surface area contributed by atoms with E-state index in [-0.39, 0.29) is 18.0 Å². The third kappa shape index (κ3) is 0.351. The van der Waals surface area contributed by atoms with Gasteiger partial charge < -0.3 is 9.47 Å². The Balaban J connectivity index is 2.11. The van der Waals surface area contributed by atoms with Crippen LogP contribution in [-0.2, 0) is 14.3 Å². The molecule has 0 aromatic rings. The SMILES string of the molecule is O=C1O[C@@H]2COCC12. The average Bonchev–Trinajstić information content (AvgIpc) is 2.09. The number of fused-ring (bicyclic) bond motifs is 1. The number of carbonyl (C=O) groups is 1. The molecule has 2 rings (SSSR count). The van der Waals surface area contributed by atoms with Gasteiger partial charge in [-0.05, 0) is 0 Å². The van der Waals surface area contributed by atoms with Gasteiger partial charge in [-0.3, -0.25) is 4.79 Å². The second-order valence-electron chi connectivity index (χ2n) is 2.12. The quantitative estimate of drug-likeness (QED) is 0.400. The van der Waals surface area contributed by atoms with Crippen LogP contribution in [0.2, 0.25) is 0 Å². The molecule has 0 amide bonds. The summed E-state index contributed by atoms with van der Waals surface area (Å²) in [6, 6.07) is 0. The van der Waals surface area contributed by atoms with Crippen molar-refractivity contribution >= 4 is 5.97 Å². The first-order valence-electron chi connectivity index (χ1n) is 2.66. The van der Waals surface area contributed by atoms with Crippen LogP contribution in [0, 0.1) is 5.92 Å². The minimum atomic E-state index is -0.0903. The van der Waals surface area contributed by atoms with Crippen LogP contribution < -0.4 is 0 Å². The van der Waals surface area contributed by atoms with Gasteiger partial charge in [0.15, 0.2) is 0 Å². The molecule has 0 N–H and O–H groups in total. The van der Waals surface area contributed by atoms with E-state index in [1.54, 1.807) is 0 Å². The minimum absolute atomic E-state index is 0.0787. The van der Waals surface area contributed by atoms with Crippen molar-refractivity contribution in [1.29, 1.82) is 0 Å². The molecule has 2 fully saturated rings. The van der Waals surface area contributed by atoms with E-state index >= 15 is 0 Å². The van der Waals surface area contributed by atoms with Gasteiger partial charge in [0.05, 0.1) is 13.2 Å². The highest BCUT2D eigenvalue weighted by Crippen LogP contribution is 2.27. The van der Waals surface area contributed by atoms with Gasteiger partial charge >= 0.3 is 5.97 Å². The maximum Gasteiger partial charge on any atom is 0.315 e. The van der Waals surface area contributed by atoms with Gasteiger partial charge in [0.25, 0.3) is 0 Å². The van der Waals surface area contributed by atoms with Crippen LogP contribution in [-0.4, -0.2) is 25.3 Å². The molecule has 0 saturated carbocycles. The lowest BCUT2D eigenvalue weighted by atomic mass is 10.0. The van der Waals surface area contributed by atoms with E-state index in [9.17, 15) is 4.79 Å². The van der Waals surface area contributed by atoms with E-state index in [2.05, 4.69) is 0 Å². The van der Waals surface area contributed by atoms with E-state index in [1.165, 1.54) is 0 Å². The number of ether oxygens (including phenoxy) is 2. The molecule has 3 nitrogen and oxygen atoms in total. The third-order valence-corrected chi connectivity index (χ3v) is 1.60. The summed E-state index contributed by atoms with van der Waals surface area (Å²) in [4.78, 5) is 10.4. The third-order valence-electron chi connectivity index (χ3n) is 1.60. The summed E-state index contributed by atoms with van der Waals surface area (Å²) in [5, 5.41) is 0. The molecule has 2 atom stereocenters. The van der Waals surface area contributed by atoms with Crippen LogP contribution in [0.3, 0.4) is 0 Å². The molecule has 3 heteroatoms. The van der Waals surface area contributed by atoms with Crippen LogP contribution in [0.1, 0.15) is 0 Å². The number of esters is 1. The summed E-state index contributed by atoms with van der Waals surface area (Å²) in [5.41, 5.74) is 0. The number of rotatable bonds is 0. The topological polar surface area (TPSA) is 35.5 Å². The van der Waals surface area contributed by atoms with Gasteiger partial charge in [0.1, 0.15) is 12.0 Å². The van der Waals surface area contributed by atoms with Crippen molar-refractivity contribution in [2.24, 2.45) is 5.92 Å². The Kier molecular flexibility index (Phi) is 0.663. The Morgan fingerprint density at radius 1 is 1.50 bits per heavy atom. The standard InChI is InChI=1S/C5H6O3/c6-5-3-1-7-2-4(3)8-5/h3-4H,1-2H2/t3?,4-/m1/s1. The van der Waals surface area contributed by atoms with Crippen molar-refractivity contribution < 1.29 is 14.3 Å². The Hall–Kier alpha value is -0.570. The predicted molar refractivity (Wildman–Crippen MR) is 24.2 cm³/mol. The highest BCUT2D eigenvalue weighted by Gasteiger charge is 2.46. The van der Waals surface area contributed by atoms with Gasteiger partial charge in [-0.2, -0.15) is 0 Å². The lowest BCUT2D eigenvalue weighted by Crippen LogP contribution is -2.43. The smallest absolute Gasteiger partial charge is 0.315 e. The van der Waals surface area contributed by atoms with Crippen molar-refractivity contribution in [1.82, 2.24) is 0 Å². The molecule has 0 radical (unpaired) electrons. The van der Waals surface area contributed by atoms with Gasteiger partial charge in [0.2, 0.25) is 0 Å². The highest BCUT2D eigenvalue weighted by molar-refractivity contribution is 5.79. The van der Waals surface area contributed by atoms with Crippen LogP contribution in [0.15, 0.2) is 0 Å². The fourth-order valence-corrected chi connectivity index (χ4v) is 1.03. The van der Waals surface area contributed by atoms with Crippen LogP contribution in [0.4, 0.5) is 0 Å². The Morgan fingerprint density at radius 2 is 2.38 bits per heavy atom. The van der Waals surface area contributed by atoms with Crippen LogP contribution in [0.5, 0.6) is 0 Å². The lowest BCUT2D eigenvalue weighted by Gasteiger charge is -2.26. The first-order chi connectivity index (χ1) is 3.88. The molecule has 0 spiro atoms. The summed E-state index contributed by atoms with van der Waals surface area (Å²) in [6.45, 7) is 1.18. The van der Waals surface area contributed by atoms with Gasteiger partial charge in [-0.1, -0.05) is 0 Å². The maximum absolute atomic E-state index is 10.4. The summed E-state index contributed by atoms with van der Waals surface area (Å²) < 4.78 is 9.66. The lowest BCUT2D eigenvalue weighted by molar-refractivity contribution is -0.177. The van der Waals surface area contributed by atoms with Crippen molar-refractivity contribution in [3.05, 3.63) is 0 Å². The monoisotopic (exact) mass is 114 g/mol. The Morgan fingerprint density at radius 3 is 2.88 bits per heavy atom. The van der Waals surface area contributed by atoms with E-state index in [0.29, 0.717) is 13.2 Å². The zero-order chi connectivity index (χ0) is 5.56. The second-order valence-corrected chi connectivity index (χ2v) is 2.12. The molecule has 2 aliphatic heterocycles. The first kappa shape index (κ1) is 4.32. The highest BCUT2D eigenvalue weighted by atomic mass is 16.6. The zero-order valence-corrected chi connectivity index (χ0v) is 4.29. The van der Waals surface area contributed by atoms with Crippen molar-refractivity contribution in [2.75, 3.05) is 13.2 Å². The Bertz CT molecular complexity index is 132. The number of hydrogen-bond acceptors (Lipinski definition) is 3. The number of hydrogen-bond donors (Lipinski definition) is 0. The first-order valence-corrected chi connectivity index (χ1v) is 2.66. The Labute approximate surface area is 46.6 Å². The summed E-state index contributed by atoms with van der Waals surface area (Å²) in [5.74, 6) is -0.0116. The fourth-order valence-electron chi connectivity index (χ4n) is 1.03. The average molecular weight is 114 g/mol. The molecule has 0 aromatic carbocycles. The van der Waals surface area contributed by atoms with Crippen molar-refractivity contribution in [2.45, 2.75) is 6.10 Å². The maximum atomic E-state index is 10.4. The van der Waals surface area contributed by atoms with E-state index < -0.39 is 0 Å². The molecule has 0 bridgehead atoms. The van der Waals surface area contributed by atoms with E-state index in [1.807, 2.05) is 0 Å². The van der Waals surface area contributed by atoms with Crippen molar-refractivity contribution in [3.8, 4) is 0 Å².